The van der Waals surface area contributed by atoms with Crippen molar-refractivity contribution in [3.8, 4) is 12.1 Å². The standard InChI is InChI=1S/C10H3F2N3O3/c11-6-1-2-7(15(17)18)9(12)8(6)10(16)5(3-13)4-14/h1-2,5H. The molecule has 0 aromatic heterocycles. The predicted molar refractivity (Wildman–Crippen MR) is 52.1 cm³/mol. The monoisotopic (exact) mass is 251 g/mol. The molecular formula is C10H3F2N3O3. The fourth-order valence-electron chi connectivity index (χ4n) is 1.20. The second kappa shape index (κ2) is 4.97. The summed E-state index contributed by atoms with van der Waals surface area (Å²) >= 11 is 0. The van der Waals surface area contributed by atoms with Crippen LogP contribution in [0.3, 0.4) is 0 Å². The van der Waals surface area contributed by atoms with Crippen LogP contribution in [0.5, 0.6) is 0 Å². The number of nitro groups is 1. The van der Waals surface area contributed by atoms with E-state index < -0.39 is 39.5 Å². The molecule has 0 heterocycles. The zero-order chi connectivity index (χ0) is 13.9. The predicted octanol–water partition coefficient (Wildman–Crippen LogP) is 1.72. The number of hydrogen-bond donors (Lipinski definition) is 0. The fourth-order valence-corrected chi connectivity index (χ4v) is 1.20. The van der Waals surface area contributed by atoms with Crippen molar-refractivity contribution in [1.29, 1.82) is 10.5 Å². The van der Waals surface area contributed by atoms with E-state index in [0.29, 0.717) is 12.1 Å². The van der Waals surface area contributed by atoms with Gasteiger partial charge in [-0.3, -0.25) is 14.9 Å². The van der Waals surface area contributed by atoms with E-state index in [-0.39, 0.29) is 0 Å². The maximum absolute atomic E-state index is 13.5. The van der Waals surface area contributed by atoms with Gasteiger partial charge in [-0.1, -0.05) is 0 Å². The number of ketones is 1. The highest BCUT2D eigenvalue weighted by atomic mass is 19.1. The van der Waals surface area contributed by atoms with Crippen LogP contribution in [0, 0.1) is 50.3 Å². The van der Waals surface area contributed by atoms with Crippen molar-refractivity contribution < 1.29 is 18.5 Å². The normalized spacial score (nSPS) is 9.61. The highest BCUT2D eigenvalue weighted by Crippen LogP contribution is 2.25. The van der Waals surface area contributed by atoms with E-state index in [9.17, 15) is 23.7 Å². The number of hydrogen-bond acceptors (Lipinski definition) is 5. The zero-order valence-corrected chi connectivity index (χ0v) is 8.55. The molecule has 0 spiro atoms. The van der Waals surface area contributed by atoms with Gasteiger partial charge in [-0.05, 0) is 6.07 Å². The Kier molecular flexibility index (Phi) is 3.65. The molecule has 0 unspecified atom stereocenters. The lowest BCUT2D eigenvalue weighted by Gasteiger charge is -2.04. The summed E-state index contributed by atoms with van der Waals surface area (Å²) in [7, 11) is 0. The number of carbonyl (C=O) groups excluding carboxylic acids is 1. The zero-order valence-electron chi connectivity index (χ0n) is 8.55. The number of nitriles is 2. The third-order valence-corrected chi connectivity index (χ3v) is 2.03. The van der Waals surface area contributed by atoms with Crippen LogP contribution in [0.2, 0.25) is 0 Å². The number of rotatable bonds is 3. The molecule has 0 fully saturated rings. The van der Waals surface area contributed by atoms with E-state index in [4.69, 9.17) is 10.5 Å². The maximum Gasteiger partial charge on any atom is 0.305 e. The van der Waals surface area contributed by atoms with Gasteiger partial charge in [-0.25, -0.2) is 4.39 Å². The molecular weight excluding hydrogens is 248 g/mol. The van der Waals surface area contributed by atoms with Gasteiger partial charge in [0.2, 0.25) is 5.82 Å². The van der Waals surface area contributed by atoms with Crippen LogP contribution < -0.4 is 0 Å². The molecule has 1 aromatic carbocycles. The molecule has 1 rings (SSSR count). The molecule has 0 N–H and O–H groups in total. The average molecular weight is 251 g/mol. The van der Waals surface area contributed by atoms with E-state index in [0.717, 1.165) is 0 Å². The molecule has 8 heteroatoms. The maximum atomic E-state index is 13.5. The van der Waals surface area contributed by atoms with Crippen molar-refractivity contribution in [2.24, 2.45) is 5.92 Å². The molecule has 0 aliphatic rings. The third-order valence-electron chi connectivity index (χ3n) is 2.03. The van der Waals surface area contributed by atoms with Crippen molar-refractivity contribution in [2.45, 2.75) is 0 Å². The van der Waals surface area contributed by atoms with E-state index in [2.05, 4.69) is 0 Å². The average Bonchev–Trinajstić information content (AvgIpc) is 2.30. The Labute approximate surface area is 98.8 Å². The number of halogens is 2. The Morgan fingerprint density at radius 3 is 2.33 bits per heavy atom. The van der Waals surface area contributed by atoms with Crippen LogP contribution in [0.15, 0.2) is 12.1 Å². The molecule has 0 saturated carbocycles. The first kappa shape index (κ1) is 13.2. The van der Waals surface area contributed by atoms with Gasteiger partial charge < -0.3 is 0 Å². The molecule has 0 aliphatic heterocycles. The third kappa shape index (κ3) is 2.13. The molecule has 0 aliphatic carbocycles. The summed E-state index contributed by atoms with van der Waals surface area (Å²) in [5.74, 6) is -6.42. The molecule has 6 nitrogen and oxygen atoms in total. The number of benzene rings is 1. The molecule has 18 heavy (non-hydrogen) atoms. The van der Waals surface area contributed by atoms with Gasteiger partial charge in [-0.2, -0.15) is 14.9 Å². The van der Waals surface area contributed by atoms with Crippen LogP contribution in [-0.2, 0) is 0 Å². The minimum atomic E-state index is -1.92. The summed E-state index contributed by atoms with van der Waals surface area (Å²) in [6.07, 6.45) is 0. The first-order valence-electron chi connectivity index (χ1n) is 4.39. The van der Waals surface area contributed by atoms with E-state index in [1.807, 2.05) is 0 Å². The Morgan fingerprint density at radius 2 is 1.89 bits per heavy atom. The summed E-state index contributed by atoms with van der Waals surface area (Å²) < 4.78 is 26.8. The van der Waals surface area contributed by atoms with Crippen molar-refractivity contribution in [1.82, 2.24) is 0 Å². The number of carbonyl (C=O) groups is 1. The minimum absolute atomic E-state index is 0.528. The summed E-state index contributed by atoms with van der Waals surface area (Å²) in [6, 6.07) is 3.56. The molecule has 1 aromatic rings. The van der Waals surface area contributed by atoms with Gasteiger partial charge in [0, 0.05) is 6.07 Å². The number of nitrogens with zero attached hydrogens (tertiary/aromatic N) is 3. The number of Topliss-reactive ketones (excluding diaryl/α,β-unsaturated/α-hetero) is 1. The Bertz CT molecular complexity index is 602. The quantitative estimate of drug-likeness (QED) is 0.461. The van der Waals surface area contributed by atoms with Crippen LogP contribution >= 0.6 is 0 Å². The van der Waals surface area contributed by atoms with Crippen LogP contribution in [0.4, 0.5) is 14.5 Å². The van der Waals surface area contributed by atoms with Crippen molar-refractivity contribution in [3.05, 3.63) is 39.4 Å². The summed E-state index contributed by atoms with van der Waals surface area (Å²) in [6.45, 7) is 0. The van der Waals surface area contributed by atoms with Crippen LogP contribution in [-0.4, -0.2) is 10.7 Å². The molecule has 0 bridgehead atoms. The van der Waals surface area contributed by atoms with Crippen LogP contribution in [0.1, 0.15) is 10.4 Å². The molecule has 0 radical (unpaired) electrons. The Hall–Kier alpha value is -2.87. The summed E-state index contributed by atoms with van der Waals surface area (Å²) in [5.41, 5.74) is -2.35. The molecule has 90 valence electrons. The van der Waals surface area contributed by atoms with Crippen molar-refractivity contribution in [2.75, 3.05) is 0 Å². The van der Waals surface area contributed by atoms with Gasteiger partial charge in [-0.15, -0.1) is 0 Å². The van der Waals surface area contributed by atoms with Gasteiger partial charge in [0.25, 0.3) is 0 Å². The summed E-state index contributed by atoms with van der Waals surface area (Å²) in [5, 5.41) is 27.3. The lowest BCUT2D eigenvalue weighted by molar-refractivity contribution is -0.387. The second-order valence-corrected chi connectivity index (χ2v) is 3.07. The van der Waals surface area contributed by atoms with Gasteiger partial charge in [0.15, 0.2) is 11.7 Å². The first-order valence-corrected chi connectivity index (χ1v) is 4.39. The SMILES string of the molecule is N#CC(C#N)C(=O)c1c(F)ccc([N+](=O)[O-])c1F. The van der Waals surface area contributed by atoms with E-state index in [1.165, 1.54) is 12.1 Å². The van der Waals surface area contributed by atoms with Crippen molar-refractivity contribution >= 4 is 11.5 Å². The second-order valence-electron chi connectivity index (χ2n) is 3.07. The first-order chi connectivity index (χ1) is 8.43. The lowest BCUT2D eigenvalue weighted by atomic mass is 9.98. The fraction of sp³-hybridized carbons (Fsp3) is 0.100. The minimum Gasteiger partial charge on any atom is -0.291 e. The smallest absolute Gasteiger partial charge is 0.291 e. The Balaban J connectivity index is 3.47. The Morgan fingerprint density at radius 1 is 1.33 bits per heavy atom. The molecule has 0 amide bonds. The van der Waals surface area contributed by atoms with Gasteiger partial charge in [0.05, 0.1) is 22.6 Å². The van der Waals surface area contributed by atoms with E-state index >= 15 is 0 Å². The largest absolute Gasteiger partial charge is 0.305 e. The molecule has 0 saturated heterocycles. The van der Waals surface area contributed by atoms with Crippen molar-refractivity contribution in [3.63, 3.8) is 0 Å². The van der Waals surface area contributed by atoms with Crippen LogP contribution in [0.25, 0.3) is 0 Å². The summed E-state index contributed by atoms with van der Waals surface area (Å²) in [4.78, 5) is 20.8. The highest BCUT2D eigenvalue weighted by Gasteiger charge is 2.30. The highest BCUT2D eigenvalue weighted by molar-refractivity contribution is 6.01. The molecule has 0 atom stereocenters. The van der Waals surface area contributed by atoms with Gasteiger partial charge >= 0.3 is 5.69 Å². The lowest BCUT2D eigenvalue weighted by Crippen LogP contribution is -2.15. The topological polar surface area (TPSA) is 108 Å². The van der Waals surface area contributed by atoms with E-state index in [1.54, 1.807) is 0 Å². The number of nitro benzene ring substituents is 1. The van der Waals surface area contributed by atoms with Gasteiger partial charge in [0.1, 0.15) is 5.82 Å².